The number of rotatable bonds is 6. The van der Waals surface area contributed by atoms with Gasteiger partial charge in [-0.3, -0.25) is 9.48 Å². The van der Waals surface area contributed by atoms with Gasteiger partial charge in [-0.25, -0.2) is 0 Å². The summed E-state index contributed by atoms with van der Waals surface area (Å²) in [5.41, 5.74) is 6.21. The van der Waals surface area contributed by atoms with Crippen molar-refractivity contribution in [3.8, 4) is 0 Å². The summed E-state index contributed by atoms with van der Waals surface area (Å²) in [6, 6.07) is 0.163. The standard InChI is InChI=1S/C13H24N4O/c1-9(2)6-5-7-10(3)16-13(18)11-8-15-17(4)12(11)14/h8-10H,5-7,14H2,1-4H3,(H,16,18). The highest BCUT2D eigenvalue weighted by molar-refractivity contribution is 5.98. The second-order valence-electron chi connectivity index (χ2n) is 5.27. The first-order chi connectivity index (χ1) is 8.41. The summed E-state index contributed by atoms with van der Waals surface area (Å²) in [4.78, 5) is 11.9. The number of hydrogen-bond donors (Lipinski definition) is 2. The van der Waals surface area contributed by atoms with E-state index in [1.165, 1.54) is 17.3 Å². The van der Waals surface area contributed by atoms with Gasteiger partial charge in [-0.1, -0.05) is 26.7 Å². The lowest BCUT2D eigenvalue weighted by Crippen LogP contribution is -2.32. The average molecular weight is 252 g/mol. The van der Waals surface area contributed by atoms with Crippen molar-refractivity contribution in [2.45, 2.75) is 46.1 Å². The first-order valence-electron chi connectivity index (χ1n) is 6.50. The number of nitrogen functional groups attached to an aromatic ring is 1. The molecular weight excluding hydrogens is 228 g/mol. The van der Waals surface area contributed by atoms with Crippen LogP contribution in [0.4, 0.5) is 5.82 Å². The summed E-state index contributed by atoms with van der Waals surface area (Å²) in [5, 5.41) is 6.91. The molecule has 0 saturated heterocycles. The molecule has 0 spiro atoms. The van der Waals surface area contributed by atoms with Crippen LogP contribution in [0.15, 0.2) is 6.20 Å². The minimum Gasteiger partial charge on any atom is -0.383 e. The zero-order chi connectivity index (χ0) is 13.7. The molecule has 1 aromatic heterocycles. The average Bonchev–Trinajstić information content (AvgIpc) is 2.59. The van der Waals surface area contributed by atoms with Gasteiger partial charge in [0.2, 0.25) is 0 Å². The van der Waals surface area contributed by atoms with Crippen LogP contribution in [0.25, 0.3) is 0 Å². The predicted molar refractivity (Wildman–Crippen MR) is 73.2 cm³/mol. The van der Waals surface area contributed by atoms with E-state index in [1.807, 2.05) is 6.92 Å². The molecule has 5 heteroatoms. The Labute approximate surface area is 109 Å². The number of amides is 1. The number of hydrogen-bond acceptors (Lipinski definition) is 3. The Bertz CT molecular complexity index is 398. The number of carbonyl (C=O) groups is 1. The van der Waals surface area contributed by atoms with Gasteiger partial charge < -0.3 is 11.1 Å². The van der Waals surface area contributed by atoms with Crippen LogP contribution in [0.1, 0.15) is 50.4 Å². The van der Waals surface area contributed by atoms with E-state index in [1.54, 1.807) is 7.05 Å². The van der Waals surface area contributed by atoms with Crippen molar-refractivity contribution in [2.24, 2.45) is 13.0 Å². The fourth-order valence-electron chi connectivity index (χ4n) is 1.83. The zero-order valence-corrected chi connectivity index (χ0v) is 11.7. The molecule has 18 heavy (non-hydrogen) atoms. The molecule has 0 fully saturated rings. The number of carbonyl (C=O) groups excluding carboxylic acids is 1. The van der Waals surface area contributed by atoms with Crippen LogP contribution in [0.5, 0.6) is 0 Å². The third-order valence-corrected chi connectivity index (χ3v) is 3.03. The fraction of sp³-hybridized carbons (Fsp3) is 0.692. The first-order valence-corrected chi connectivity index (χ1v) is 6.50. The summed E-state index contributed by atoms with van der Waals surface area (Å²) in [6.45, 7) is 6.43. The van der Waals surface area contributed by atoms with Gasteiger partial charge in [0, 0.05) is 13.1 Å². The molecule has 1 heterocycles. The monoisotopic (exact) mass is 252 g/mol. The molecule has 1 aromatic rings. The zero-order valence-electron chi connectivity index (χ0n) is 11.7. The van der Waals surface area contributed by atoms with Crippen LogP contribution >= 0.6 is 0 Å². The van der Waals surface area contributed by atoms with Crippen LogP contribution in [-0.4, -0.2) is 21.7 Å². The summed E-state index contributed by atoms with van der Waals surface area (Å²) in [5.74, 6) is 0.974. The smallest absolute Gasteiger partial charge is 0.256 e. The molecule has 1 atom stereocenters. The Balaban J connectivity index is 2.42. The minimum atomic E-state index is -0.141. The van der Waals surface area contributed by atoms with Gasteiger partial charge in [-0.15, -0.1) is 0 Å². The Morgan fingerprint density at radius 2 is 2.11 bits per heavy atom. The molecule has 1 amide bonds. The number of anilines is 1. The molecule has 0 radical (unpaired) electrons. The number of aromatic nitrogens is 2. The third-order valence-electron chi connectivity index (χ3n) is 3.03. The molecule has 0 aromatic carbocycles. The summed E-state index contributed by atoms with van der Waals surface area (Å²) in [6.07, 6.45) is 4.81. The molecule has 0 aliphatic carbocycles. The quantitative estimate of drug-likeness (QED) is 0.812. The molecule has 0 aliphatic rings. The van der Waals surface area contributed by atoms with Gasteiger partial charge in [0.15, 0.2) is 0 Å². The van der Waals surface area contributed by atoms with Crippen LogP contribution in [0.2, 0.25) is 0 Å². The van der Waals surface area contributed by atoms with Crippen LogP contribution in [0.3, 0.4) is 0 Å². The molecule has 1 rings (SSSR count). The van der Waals surface area contributed by atoms with E-state index in [0.717, 1.165) is 12.8 Å². The van der Waals surface area contributed by atoms with Crippen molar-refractivity contribution < 1.29 is 4.79 Å². The lowest BCUT2D eigenvalue weighted by molar-refractivity contribution is 0.0938. The largest absolute Gasteiger partial charge is 0.383 e. The molecular formula is C13H24N4O. The number of nitrogens with one attached hydrogen (secondary N) is 1. The molecule has 5 nitrogen and oxygen atoms in total. The highest BCUT2D eigenvalue weighted by atomic mass is 16.1. The maximum Gasteiger partial charge on any atom is 0.256 e. The number of aryl methyl sites for hydroxylation is 1. The van der Waals surface area contributed by atoms with Crippen LogP contribution < -0.4 is 11.1 Å². The molecule has 1 unspecified atom stereocenters. The van der Waals surface area contributed by atoms with E-state index < -0.39 is 0 Å². The molecule has 0 bridgehead atoms. The summed E-state index contributed by atoms with van der Waals surface area (Å²) >= 11 is 0. The summed E-state index contributed by atoms with van der Waals surface area (Å²) in [7, 11) is 1.72. The highest BCUT2D eigenvalue weighted by Gasteiger charge is 2.15. The van der Waals surface area contributed by atoms with Gasteiger partial charge >= 0.3 is 0 Å². The Hall–Kier alpha value is -1.52. The number of nitrogens with two attached hydrogens (primary N) is 1. The molecule has 0 saturated carbocycles. The normalized spacial score (nSPS) is 12.7. The van der Waals surface area contributed by atoms with Gasteiger partial charge in [0.25, 0.3) is 5.91 Å². The van der Waals surface area contributed by atoms with E-state index in [4.69, 9.17) is 5.73 Å². The minimum absolute atomic E-state index is 0.141. The van der Waals surface area contributed by atoms with E-state index in [2.05, 4.69) is 24.3 Å². The fourth-order valence-corrected chi connectivity index (χ4v) is 1.83. The maximum atomic E-state index is 11.9. The predicted octanol–water partition coefficient (Wildman–Crippen LogP) is 1.95. The van der Waals surface area contributed by atoms with Crippen LogP contribution in [0, 0.1) is 5.92 Å². The third kappa shape index (κ3) is 4.05. The Morgan fingerprint density at radius 3 is 2.61 bits per heavy atom. The lowest BCUT2D eigenvalue weighted by atomic mass is 10.0. The number of nitrogens with zero attached hydrogens (tertiary/aromatic N) is 2. The van der Waals surface area contributed by atoms with E-state index in [9.17, 15) is 4.79 Å². The Kier molecular flexibility index (Phi) is 5.19. The Morgan fingerprint density at radius 1 is 1.44 bits per heavy atom. The second-order valence-corrected chi connectivity index (χ2v) is 5.27. The van der Waals surface area contributed by atoms with Crippen molar-refractivity contribution in [3.63, 3.8) is 0 Å². The molecule has 3 N–H and O–H groups in total. The van der Waals surface area contributed by atoms with Crippen molar-refractivity contribution in [2.75, 3.05) is 5.73 Å². The van der Waals surface area contributed by atoms with Crippen LogP contribution in [-0.2, 0) is 7.05 Å². The topological polar surface area (TPSA) is 72.9 Å². The van der Waals surface area contributed by atoms with E-state index in [0.29, 0.717) is 17.3 Å². The maximum absolute atomic E-state index is 11.9. The lowest BCUT2D eigenvalue weighted by Gasteiger charge is -2.14. The molecule has 102 valence electrons. The molecule has 0 aliphatic heterocycles. The highest BCUT2D eigenvalue weighted by Crippen LogP contribution is 2.11. The van der Waals surface area contributed by atoms with Crippen molar-refractivity contribution in [1.29, 1.82) is 0 Å². The van der Waals surface area contributed by atoms with Gasteiger partial charge in [0.1, 0.15) is 11.4 Å². The van der Waals surface area contributed by atoms with E-state index in [-0.39, 0.29) is 11.9 Å². The summed E-state index contributed by atoms with van der Waals surface area (Å²) < 4.78 is 1.50. The SMILES string of the molecule is CC(C)CCCC(C)NC(=O)c1cnn(C)c1N. The van der Waals surface area contributed by atoms with Gasteiger partial charge in [0.05, 0.1) is 6.20 Å². The van der Waals surface area contributed by atoms with E-state index >= 15 is 0 Å². The van der Waals surface area contributed by atoms with Crippen molar-refractivity contribution in [1.82, 2.24) is 15.1 Å². The van der Waals surface area contributed by atoms with Gasteiger partial charge in [-0.2, -0.15) is 5.10 Å². The second kappa shape index (κ2) is 6.42. The first kappa shape index (κ1) is 14.5. The van der Waals surface area contributed by atoms with Gasteiger partial charge in [-0.05, 0) is 19.3 Å². The van der Waals surface area contributed by atoms with Crippen molar-refractivity contribution >= 4 is 11.7 Å². The van der Waals surface area contributed by atoms with Crippen molar-refractivity contribution in [3.05, 3.63) is 11.8 Å².